The summed E-state index contributed by atoms with van der Waals surface area (Å²) in [5, 5.41) is 12.5. The van der Waals surface area contributed by atoms with Gasteiger partial charge in [-0.15, -0.1) is 11.8 Å². The molecular weight excluding hydrogens is 226 g/mol. The zero-order chi connectivity index (χ0) is 12.2. The number of carbonyl (C=O) groups is 1. The first kappa shape index (κ1) is 13.8. The number of hydrogen-bond donors (Lipinski definition) is 2. The second-order valence-electron chi connectivity index (χ2n) is 4.74. The highest BCUT2D eigenvalue weighted by atomic mass is 32.2. The molecule has 1 aliphatic carbocycles. The van der Waals surface area contributed by atoms with Crippen molar-refractivity contribution in [2.24, 2.45) is 5.41 Å². The minimum atomic E-state index is -0.293. The van der Waals surface area contributed by atoms with Gasteiger partial charge in [-0.1, -0.05) is 13.8 Å². The molecule has 16 heavy (non-hydrogen) atoms. The molecule has 1 saturated carbocycles. The second-order valence-corrected chi connectivity index (χ2v) is 5.84. The second kappa shape index (κ2) is 5.89. The molecule has 2 unspecified atom stereocenters. The van der Waals surface area contributed by atoms with Gasteiger partial charge in [-0.2, -0.15) is 0 Å². The lowest BCUT2D eigenvalue weighted by molar-refractivity contribution is -0.126. The molecule has 0 bridgehead atoms. The summed E-state index contributed by atoms with van der Waals surface area (Å²) in [5.74, 6) is 1.35. The SMILES string of the molecule is COCCSCC(=O)NC1CC(O)C1(C)C. The molecule has 0 aromatic carbocycles. The van der Waals surface area contributed by atoms with Gasteiger partial charge in [0.1, 0.15) is 0 Å². The zero-order valence-electron chi connectivity index (χ0n) is 10.2. The summed E-state index contributed by atoms with van der Waals surface area (Å²) in [4.78, 5) is 11.5. The Bertz CT molecular complexity index is 245. The predicted molar refractivity (Wildman–Crippen MR) is 65.5 cm³/mol. The third kappa shape index (κ3) is 3.37. The zero-order valence-corrected chi connectivity index (χ0v) is 11.0. The van der Waals surface area contributed by atoms with Crippen LogP contribution >= 0.6 is 11.8 Å². The van der Waals surface area contributed by atoms with Crippen molar-refractivity contribution in [1.82, 2.24) is 5.32 Å². The van der Waals surface area contributed by atoms with E-state index in [-0.39, 0.29) is 23.5 Å². The van der Waals surface area contributed by atoms with Crippen LogP contribution in [0.2, 0.25) is 0 Å². The maximum atomic E-state index is 11.5. The maximum Gasteiger partial charge on any atom is 0.230 e. The van der Waals surface area contributed by atoms with Crippen LogP contribution in [0.3, 0.4) is 0 Å². The van der Waals surface area contributed by atoms with Crippen molar-refractivity contribution in [2.45, 2.75) is 32.4 Å². The number of rotatable bonds is 6. The smallest absolute Gasteiger partial charge is 0.230 e. The number of ether oxygens (including phenoxy) is 1. The van der Waals surface area contributed by atoms with E-state index in [2.05, 4.69) is 5.32 Å². The molecule has 0 heterocycles. The van der Waals surface area contributed by atoms with Crippen molar-refractivity contribution in [3.05, 3.63) is 0 Å². The van der Waals surface area contributed by atoms with E-state index in [9.17, 15) is 9.90 Å². The fourth-order valence-electron chi connectivity index (χ4n) is 1.69. The summed E-state index contributed by atoms with van der Waals surface area (Å²) >= 11 is 1.56. The van der Waals surface area contributed by atoms with Gasteiger partial charge in [-0.05, 0) is 6.42 Å². The molecule has 1 rings (SSSR count). The minimum absolute atomic E-state index is 0.0473. The first-order valence-corrected chi connectivity index (χ1v) is 6.68. The van der Waals surface area contributed by atoms with Gasteiger partial charge in [0.25, 0.3) is 0 Å². The van der Waals surface area contributed by atoms with E-state index < -0.39 is 0 Å². The normalized spacial score (nSPS) is 27.2. The number of amides is 1. The fraction of sp³-hybridized carbons (Fsp3) is 0.909. The lowest BCUT2D eigenvalue weighted by Gasteiger charge is -2.49. The summed E-state index contributed by atoms with van der Waals surface area (Å²) in [6.07, 6.45) is 0.375. The van der Waals surface area contributed by atoms with E-state index >= 15 is 0 Å². The number of thioether (sulfide) groups is 1. The molecule has 94 valence electrons. The van der Waals surface area contributed by atoms with Gasteiger partial charge in [0, 0.05) is 24.3 Å². The van der Waals surface area contributed by atoms with Gasteiger partial charge in [-0.25, -0.2) is 0 Å². The quantitative estimate of drug-likeness (QED) is 0.676. The fourth-order valence-corrected chi connectivity index (χ4v) is 2.39. The molecule has 0 aromatic rings. The Kier molecular flexibility index (Phi) is 5.08. The molecule has 5 heteroatoms. The van der Waals surface area contributed by atoms with Gasteiger partial charge in [-0.3, -0.25) is 4.79 Å². The van der Waals surface area contributed by atoms with Crippen LogP contribution in [0.15, 0.2) is 0 Å². The minimum Gasteiger partial charge on any atom is -0.392 e. The van der Waals surface area contributed by atoms with Crippen LogP contribution in [-0.2, 0) is 9.53 Å². The van der Waals surface area contributed by atoms with E-state index in [1.165, 1.54) is 0 Å². The Hall–Kier alpha value is -0.260. The van der Waals surface area contributed by atoms with E-state index in [4.69, 9.17) is 4.74 Å². The van der Waals surface area contributed by atoms with E-state index in [0.717, 1.165) is 5.75 Å². The van der Waals surface area contributed by atoms with Crippen molar-refractivity contribution in [3.8, 4) is 0 Å². The van der Waals surface area contributed by atoms with Gasteiger partial charge < -0.3 is 15.2 Å². The van der Waals surface area contributed by atoms with Crippen molar-refractivity contribution in [1.29, 1.82) is 0 Å². The molecule has 1 aliphatic rings. The third-order valence-corrected chi connectivity index (χ3v) is 4.14. The summed E-state index contributed by atoms with van der Waals surface area (Å²) in [5.41, 5.74) is -0.188. The molecule has 2 atom stereocenters. The Labute approximate surface area is 101 Å². The first-order valence-electron chi connectivity index (χ1n) is 5.52. The van der Waals surface area contributed by atoms with E-state index in [0.29, 0.717) is 18.8 Å². The van der Waals surface area contributed by atoms with Crippen LogP contribution < -0.4 is 5.32 Å². The number of carbonyl (C=O) groups excluding carboxylic acids is 1. The van der Waals surface area contributed by atoms with Crippen molar-refractivity contribution < 1.29 is 14.6 Å². The molecule has 2 N–H and O–H groups in total. The van der Waals surface area contributed by atoms with Crippen molar-refractivity contribution >= 4 is 17.7 Å². The van der Waals surface area contributed by atoms with Crippen LogP contribution in [0.4, 0.5) is 0 Å². The molecule has 0 aromatic heterocycles. The molecule has 0 saturated heterocycles. The highest BCUT2D eigenvalue weighted by Gasteiger charge is 2.47. The van der Waals surface area contributed by atoms with Gasteiger partial charge in [0.15, 0.2) is 0 Å². The lowest BCUT2D eigenvalue weighted by Crippen LogP contribution is -2.61. The van der Waals surface area contributed by atoms with Crippen LogP contribution in [0.25, 0.3) is 0 Å². The average Bonchev–Trinajstić information content (AvgIpc) is 2.24. The molecule has 0 spiro atoms. The van der Waals surface area contributed by atoms with Gasteiger partial charge in [0.2, 0.25) is 5.91 Å². The average molecular weight is 247 g/mol. The van der Waals surface area contributed by atoms with Crippen LogP contribution in [-0.4, -0.2) is 48.4 Å². The van der Waals surface area contributed by atoms with Gasteiger partial charge >= 0.3 is 0 Å². The molecule has 4 nitrogen and oxygen atoms in total. The van der Waals surface area contributed by atoms with Crippen LogP contribution in [0.1, 0.15) is 20.3 Å². The Morgan fingerprint density at radius 1 is 1.62 bits per heavy atom. The number of hydrogen-bond acceptors (Lipinski definition) is 4. The molecular formula is C11H21NO3S. The van der Waals surface area contributed by atoms with E-state index in [1.54, 1.807) is 18.9 Å². The number of methoxy groups -OCH3 is 1. The Balaban J connectivity index is 2.16. The highest BCUT2D eigenvalue weighted by Crippen LogP contribution is 2.40. The Morgan fingerprint density at radius 3 is 2.81 bits per heavy atom. The monoisotopic (exact) mass is 247 g/mol. The summed E-state index contributed by atoms with van der Waals surface area (Å²) < 4.78 is 4.90. The third-order valence-electron chi connectivity index (χ3n) is 3.22. The number of nitrogens with one attached hydrogen (secondary N) is 1. The van der Waals surface area contributed by atoms with Crippen LogP contribution in [0.5, 0.6) is 0 Å². The largest absolute Gasteiger partial charge is 0.392 e. The number of aliphatic hydroxyl groups is 1. The maximum absolute atomic E-state index is 11.5. The highest BCUT2D eigenvalue weighted by molar-refractivity contribution is 7.99. The lowest BCUT2D eigenvalue weighted by atomic mass is 9.64. The molecule has 1 fully saturated rings. The summed E-state index contributed by atoms with van der Waals surface area (Å²) in [6, 6.07) is 0.109. The standard InChI is InChI=1S/C11H21NO3S/c1-11(2)8(6-9(11)13)12-10(14)7-16-5-4-15-3/h8-9,13H,4-7H2,1-3H3,(H,12,14). The van der Waals surface area contributed by atoms with Crippen LogP contribution in [0, 0.1) is 5.41 Å². The first-order chi connectivity index (χ1) is 7.48. The number of aliphatic hydroxyl groups excluding tert-OH is 1. The Morgan fingerprint density at radius 2 is 2.31 bits per heavy atom. The molecule has 1 amide bonds. The molecule has 0 radical (unpaired) electrons. The molecule has 0 aliphatic heterocycles. The predicted octanol–water partition coefficient (Wildman–Crippen LogP) is 0.642. The van der Waals surface area contributed by atoms with Crippen molar-refractivity contribution in [3.63, 3.8) is 0 Å². The summed E-state index contributed by atoms with van der Waals surface area (Å²) in [7, 11) is 1.65. The topological polar surface area (TPSA) is 58.6 Å². The van der Waals surface area contributed by atoms with E-state index in [1.807, 2.05) is 13.8 Å². The summed E-state index contributed by atoms with van der Waals surface area (Å²) in [6.45, 7) is 4.62. The van der Waals surface area contributed by atoms with Gasteiger partial charge in [0.05, 0.1) is 18.5 Å². The van der Waals surface area contributed by atoms with Crippen molar-refractivity contribution in [2.75, 3.05) is 25.2 Å².